The summed E-state index contributed by atoms with van der Waals surface area (Å²) >= 11 is 1.42. The van der Waals surface area contributed by atoms with Gasteiger partial charge in [0.2, 0.25) is 0 Å². The molecule has 0 fully saturated rings. The van der Waals surface area contributed by atoms with Gasteiger partial charge in [-0.05, 0) is 41.1 Å². The van der Waals surface area contributed by atoms with Crippen LogP contribution in [0.5, 0.6) is 5.75 Å². The molecule has 0 spiro atoms. The molecule has 0 saturated carbocycles. The van der Waals surface area contributed by atoms with Crippen molar-refractivity contribution in [3.63, 3.8) is 0 Å². The van der Waals surface area contributed by atoms with Crippen molar-refractivity contribution in [2.45, 2.75) is 19.8 Å². The fourth-order valence-electron chi connectivity index (χ4n) is 3.30. The number of hydrogen-bond donors (Lipinski definition) is 2. The molecule has 4 aromatic rings. The van der Waals surface area contributed by atoms with Crippen LogP contribution in [0.2, 0.25) is 0 Å². The number of aromatic amines is 1. The van der Waals surface area contributed by atoms with E-state index < -0.39 is 0 Å². The number of benzene rings is 2. The molecule has 24 heavy (non-hydrogen) atoms. The van der Waals surface area contributed by atoms with Crippen LogP contribution >= 0.6 is 11.3 Å². The zero-order chi connectivity index (χ0) is 16.7. The zero-order valence-electron chi connectivity index (χ0n) is 13.3. The summed E-state index contributed by atoms with van der Waals surface area (Å²) in [6.45, 7) is 2.15. The predicted molar refractivity (Wildman–Crippen MR) is 101 cm³/mol. The van der Waals surface area contributed by atoms with Crippen molar-refractivity contribution in [1.29, 1.82) is 0 Å². The van der Waals surface area contributed by atoms with Crippen LogP contribution in [0.3, 0.4) is 0 Å². The first-order chi connectivity index (χ1) is 11.7. The van der Waals surface area contributed by atoms with Gasteiger partial charge >= 0.3 is 0 Å². The summed E-state index contributed by atoms with van der Waals surface area (Å²) < 4.78 is 0.694. The van der Waals surface area contributed by atoms with Crippen LogP contribution in [0.4, 0.5) is 0 Å². The lowest BCUT2D eigenvalue weighted by Crippen LogP contribution is -2.04. The van der Waals surface area contributed by atoms with Crippen LogP contribution < -0.4 is 5.56 Å². The molecule has 0 unspecified atom stereocenters. The summed E-state index contributed by atoms with van der Waals surface area (Å²) in [4.78, 5) is 15.2. The first kappa shape index (κ1) is 15.0. The van der Waals surface area contributed by atoms with E-state index in [9.17, 15) is 9.90 Å². The maximum atomic E-state index is 12.2. The lowest BCUT2D eigenvalue weighted by Gasteiger charge is -2.12. The second kappa shape index (κ2) is 5.80. The minimum Gasteiger partial charge on any atom is -0.507 e. The lowest BCUT2D eigenvalue weighted by atomic mass is 9.95. The average Bonchev–Trinajstić information content (AvgIpc) is 3.06. The van der Waals surface area contributed by atoms with Gasteiger partial charge in [0.05, 0.1) is 0 Å². The molecule has 120 valence electrons. The molecule has 2 aromatic heterocycles. The van der Waals surface area contributed by atoms with Gasteiger partial charge in [0.15, 0.2) is 0 Å². The number of H-pyrrole nitrogens is 1. The van der Waals surface area contributed by atoms with Crippen LogP contribution in [0.25, 0.3) is 32.1 Å². The maximum Gasteiger partial charge on any atom is 0.266 e. The quantitative estimate of drug-likeness (QED) is 0.549. The molecule has 0 aliphatic heterocycles. The molecule has 3 nitrogen and oxygen atoms in total. The Balaban J connectivity index is 2.11. The molecule has 0 bridgehead atoms. The van der Waals surface area contributed by atoms with Crippen molar-refractivity contribution in [3.8, 4) is 16.9 Å². The Hall–Kier alpha value is -2.59. The number of aromatic nitrogens is 1. The van der Waals surface area contributed by atoms with E-state index in [-0.39, 0.29) is 11.3 Å². The van der Waals surface area contributed by atoms with Crippen molar-refractivity contribution in [1.82, 2.24) is 4.98 Å². The van der Waals surface area contributed by atoms with Crippen LogP contribution in [0, 0.1) is 0 Å². The van der Waals surface area contributed by atoms with Gasteiger partial charge in [0.1, 0.15) is 10.4 Å². The highest BCUT2D eigenvalue weighted by Crippen LogP contribution is 2.39. The third kappa shape index (κ3) is 2.31. The molecule has 0 aliphatic rings. The second-order valence-electron chi connectivity index (χ2n) is 5.95. The molecule has 4 heteroatoms. The van der Waals surface area contributed by atoms with Gasteiger partial charge in [0, 0.05) is 21.9 Å². The van der Waals surface area contributed by atoms with Gasteiger partial charge in [-0.15, -0.1) is 11.3 Å². The molecular formula is C20H17NO2S. The second-order valence-corrected chi connectivity index (χ2v) is 6.87. The summed E-state index contributed by atoms with van der Waals surface area (Å²) in [6.07, 6.45) is 2.08. The van der Waals surface area contributed by atoms with E-state index in [0.717, 1.165) is 40.3 Å². The van der Waals surface area contributed by atoms with Gasteiger partial charge in [-0.1, -0.05) is 37.6 Å². The van der Waals surface area contributed by atoms with Gasteiger partial charge in [0.25, 0.3) is 5.56 Å². The molecule has 2 heterocycles. The van der Waals surface area contributed by atoms with Crippen LogP contribution in [0.15, 0.2) is 52.6 Å². The van der Waals surface area contributed by atoms with Crippen molar-refractivity contribution in [2.24, 2.45) is 0 Å². The van der Waals surface area contributed by atoms with Crippen molar-refractivity contribution < 1.29 is 5.11 Å². The number of aromatic hydroxyl groups is 1. The van der Waals surface area contributed by atoms with E-state index in [4.69, 9.17) is 0 Å². The lowest BCUT2D eigenvalue weighted by molar-refractivity contribution is 0.478. The molecular weight excluding hydrogens is 318 g/mol. The van der Waals surface area contributed by atoms with E-state index in [0.29, 0.717) is 4.70 Å². The largest absolute Gasteiger partial charge is 0.507 e. The minimum atomic E-state index is -0.0797. The van der Waals surface area contributed by atoms with E-state index in [1.165, 1.54) is 16.9 Å². The Morgan fingerprint density at radius 1 is 1.17 bits per heavy atom. The Morgan fingerprint density at radius 2 is 2.04 bits per heavy atom. The Bertz CT molecular complexity index is 1110. The average molecular weight is 335 g/mol. The number of fused-ring (bicyclic) bond motifs is 3. The number of aryl methyl sites for hydroxylation is 1. The normalized spacial score (nSPS) is 11.4. The summed E-state index contributed by atoms with van der Waals surface area (Å²) in [5, 5.41) is 14.3. The van der Waals surface area contributed by atoms with Crippen molar-refractivity contribution >= 4 is 32.3 Å². The molecule has 0 amide bonds. The smallest absolute Gasteiger partial charge is 0.266 e. The van der Waals surface area contributed by atoms with Gasteiger partial charge in [-0.25, -0.2) is 0 Å². The number of nitrogens with one attached hydrogen (secondary N) is 1. The highest BCUT2D eigenvalue weighted by molar-refractivity contribution is 7.17. The molecule has 0 saturated heterocycles. The van der Waals surface area contributed by atoms with E-state index in [1.54, 1.807) is 12.1 Å². The van der Waals surface area contributed by atoms with Crippen molar-refractivity contribution in [2.75, 3.05) is 0 Å². The molecule has 4 rings (SSSR count). The summed E-state index contributed by atoms with van der Waals surface area (Å²) in [7, 11) is 0. The Morgan fingerprint density at radius 3 is 2.88 bits per heavy atom. The fraction of sp³-hybridized carbons (Fsp3) is 0.150. The maximum absolute atomic E-state index is 12.2. The third-order valence-corrected chi connectivity index (χ3v) is 5.24. The third-order valence-electron chi connectivity index (χ3n) is 4.33. The summed E-state index contributed by atoms with van der Waals surface area (Å²) in [6, 6.07) is 13.6. The van der Waals surface area contributed by atoms with Gasteiger partial charge in [-0.3, -0.25) is 4.79 Å². The van der Waals surface area contributed by atoms with E-state index in [2.05, 4.69) is 24.0 Å². The van der Waals surface area contributed by atoms with Crippen LogP contribution in [-0.4, -0.2) is 10.1 Å². The number of thiophene rings is 1. The topological polar surface area (TPSA) is 53.1 Å². The standard InChI is InChI=1S/C20H17NO2S/c1-2-4-12-5-3-6-13(11-12)17-16(22)8-7-15-18(17)14-9-10-24-19(14)20(23)21-15/h3,5-11,22H,2,4H2,1H3,(H,21,23). The summed E-state index contributed by atoms with van der Waals surface area (Å²) in [5.74, 6) is 0.232. The monoisotopic (exact) mass is 335 g/mol. The minimum absolute atomic E-state index is 0.0797. The highest BCUT2D eigenvalue weighted by atomic mass is 32.1. The van der Waals surface area contributed by atoms with E-state index in [1.807, 2.05) is 23.6 Å². The molecule has 2 N–H and O–H groups in total. The molecule has 2 aromatic carbocycles. The Labute approximate surface area is 143 Å². The first-order valence-corrected chi connectivity index (χ1v) is 8.91. The van der Waals surface area contributed by atoms with Crippen LogP contribution in [0.1, 0.15) is 18.9 Å². The Kier molecular flexibility index (Phi) is 3.62. The predicted octanol–water partition coefficient (Wildman–Crippen LogP) is 5.07. The zero-order valence-corrected chi connectivity index (χ0v) is 14.1. The number of pyridine rings is 1. The SMILES string of the molecule is CCCc1cccc(-c2c(O)ccc3[nH]c(=O)c4sccc4c23)c1. The number of phenolic OH excluding ortho intramolecular Hbond substituents is 1. The van der Waals surface area contributed by atoms with Gasteiger partial charge < -0.3 is 10.1 Å². The molecule has 0 atom stereocenters. The van der Waals surface area contributed by atoms with Gasteiger partial charge in [-0.2, -0.15) is 0 Å². The van der Waals surface area contributed by atoms with Crippen molar-refractivity contribution in [3.05, 3.63) is 63.8 Å². The summed E-state index contributed by atoms with van der Waals surface area (Å²) in [5.41, 5.74) is 3.68. The molecule has 0 aliphatic carbocycles. The van der Waals surface area contributed by atoms with E-state index >= 15 is 0 Å². The highest BCUT2D eigenvalue weighted by Gasteiger charge is 2.15. The number of phenols is 1. The van der Waals surface area contributed by atoms with Crippen LogP contribution in [-0.2, 0) is 6.42 Å². The fourth-order valence-corrected chi connectivity index (χ4v) is 4.10. The number of hydrogen-bond acceptors (Lipinski definition) is 3. The molecule has 0 radical (unpaired) electrons. The number of rotatable bonds is 3. The first-order valence-electron chi connectivity index (χ1n) is 8.03.